The van der Waals surface area contributed by atoms with Crippen molar-refractivity contribution >= 4 is 11.6 Å². The van der Waals surface area contributed by atoms with Gasteiger partial charge in [-0.2, -0.15) is 0 Å². The third kappa shape index (κ3) is 5.46. The van der Waals surface area contributed by atoms with Crippen LogP contribution in [0.15, 0.2) is 42.6 Å². The number of carbonyl (C=O) groups is 1. The van der Waals surface area contributed by atoms with Crippen LogP contribution in [0.5, 0.6) is 0 Å². The molecule has 5 nitrogen and oxygen atoms in total. The van der Waals surface area contributed by atoms with Crippen molar-refractivity contribution in [2.45, 2.75) is 39.2 Å². The summed E-state index contributed by atoms with van der Waals surface area (Å²) >= 11 is 0. The standard InChI is InChI=1S/C24H30FN3O2/c1-16-17(2)23(25)22(24(29)28-21-8-12-30-13-9-21)15-19(16)14-18-4-6-20(7-5-18)27-11-3-10-26/h3-7,11,15,21,27H,8-10,12-14,26H2,1-2H3,(H,28,29)/b11-3-. The van der Waals surface area contributed by atoms with Crippen LogP contribution in [-0.2, 0) is 11.2 Å². The van der Waals surface area contributed by atoms with Crippen molar-refractivity contribution in [2.24, 2.45) is 5.73 Å². The lowest BCUT2D eigenvalue weighted by Crippen LogP contribution is -2.39. The highest BCUT2D eigenvalue weighted by atomic mass is 19.1. The predicted molar refractivity (Wildman–Crippen MR) is 118 cm³/mol. The molecule has 6 heteroatoms. The first kappa shape index (κ1) is 22.0. The van der Waals surface area contributed by atoms with Crippen LogP contribution in [0.4, 0.5) is 10.1 Å². The number of hydrogen-bond donors (Lipinski definition) is 3. The summed E-state index contributed by atoms with van der Waals surface area (Å²) in [5, 5.41) is 6.12. The quantitative estimate of drug-likeness (QED) is 0.647. The molecule has 1 aliphatic rings. The lowest BCUT2D eigenvalue weighted by Gasteiger charge is -2.23. The van der Waals surface area contributed by atoms with Crippen molar-refractivity contribution < 1.29 is 13.9 Å². The van der Waals surface area contributed by atoms with Crippen molar-refractivity contribution in [3.8, 4) is 0 Å². The van der Waals surface area contributed by atoms with Crippen molar-refractivity contribution in [1.82, 2.24) is 5.32 Å². The molecule has 1 fully saturated rings. The van der Waals surface area contributed by atoms with Crippen LogP contribution in [0, 0.1) is 19.7 Å². The minimum Gasteiger partial charge on any atom is -0.381 e. The Bertz CT molecular complexity index is 904. The average Bonchev–Trinajstić information content (AvgIpc) is 2.76. The molecule has 0 aromatic heterocycles. The molecule has 30 heavy (non-hydrogen) atoms. The third-order valence-electron chi connectivity index (χ3n) is 5.58. The Morgan fingerprint density at radius 2 is 1.90 bits per heavy atom. The largest absolute Gasteiger partial charge is 0.381 e. The fourth-order valence-electron chi connectivity index (χ4n) is 3.57. The maximum atomic E-state index is 14.9. The zero-order valence-corrected chi connectivity index (χ0v) is 17.6. The Kier molecular flexibility index (Phi) is 7.60. The Morgan fingerprint density at radius 1 is 1.20 bits per heavy atom. The topological polar surface area (TPSA) is 76.4 Å². The highest BCUT2D eigenvalue weighted by molar-refractivity contribution is 5.95. The fourth-order valence-corrected chi connectivity index (χ4v) is 3.57. The monoisotopic (exact) mass is 411 g/mol. The normalized spacial score (nSPS) is 14.8. The first-order valence-corrected chi connectivity index (χ1v) is 10.4. The molecule has 0 radical (unpaired) electrons. The molecule has 1 amide bonds. The summed E-state index contributed by atoms with van der Waals surface area (Å²) in [6.45, 7) is 5.37. The second-order valence-corrected chi connectivity index (χ2v) is 7.66. The first-order valence-electron chi connectivity index (χ1n) is 10.4. The number of nitrogens with two attached hydrogens (primary N) is 1. The van der Waals surface area contributed by atoms with Gasteiger partial charge in [0.2, 0.25) is 0 Å². The van der Waals surface area contributed by atoms with E-state index >= 15 is 0 Å². The number of halogens is 1. The molecular formula is C24H30FN3O2. The lowest BCUT2D eigenvalue weighted by atomic mass is 9.93. The van der Waals surface area contributed by atoms with E-state index in [1.807, 2.05) is 43.5 Å². The molecule has 160 valence electrons. The number of anilines is 1. The van der Waals surface area contributed by atoms with E-state index in [2.05, 4.69) is 10.6 Å². The van der Waals surface area contributed by atoms with Crippen LogP contribution < -0.4 is 16.4 Å². The van der Waals surface area contributed by atoms with Gasteiger partial charge < -0.3 is 21.1 Å². The summed E-state index contributed by atoms with van der Waals surface area (Å²) in [7, 11) is 0. The van der Waals surface area contributed by atoms with Gasteiger partial charge >= 0.3 is 0 Å². The lowest BCUT2D eigenvalue weighted by molar-refractivity contribution is 0.0694. The van der Waals surface area contributed by atoms with Crippen molar-refractivity contribution in [2.75, 3.05) is 25.1 Å². The van der Waals surface area contributed by atoms with Crippen LogP contribution in [0.25, 0.3) is 0 Å². The highest BCUT2D eigenvalue weighted by Crippen LogP contribution is 2.24. The Hall–Kier alpha value is -2.70. The highest BCUT2D eigenvalue weighted by Gasteiger charge is 2.22. The van der Waals surface area contributed by atoms with E-state index in [1.165, 1.54) is 0 Å². The van der Waals surface area contributed by atoms with Gasteiger partial charge in [0.1, 0.15) is 5.82 Å². The van der Waals surface area contributed by atoms with Crippen molar-refractivity contribution in [3.63, 3.8) is 0 Å². The van der Waals surface area contributed by atoms with Gasteiger partial charge in [0.25, 0.3) is 5.91 Å². The molecule has 2 aromatic carbocycles. The number of hydrogen-bond acceptors (Lipinski definition) is 4. The molecule has 0 bridgehead atoms. The first-order chi connectivity index (χ1) is 14.5. The maximum Gasteiger partial charge on any atom is 0.254 e. The van der Waals surface area contributed by atoms with E-state index in [9.17, 15) is 9.18 Å². The maximum absolute atomic E-state index is 14.9. The van der Waals surface area contributed by atoms with Crippen LogP contribution in [0.1, 0.15) is 45.5 Å². The SMILES string of the molecule is Cc1c(Cc2ccc(N/C=C\CN)cc2)cc(C(=O)NC2CCOCC2)c(F)c1C. The Labute approximate surface area is 177 Å². The van der Waals surface area contributed by atoms with Gasteiger partial charge in [0, 0.05) is 31.5 Å². The summed E-state index contributed by atoms with van der Waals surface area (Å²) in [5.41, 5.74) is 9.96. The van der Waals surface area contributed by atoms with Crippen LogP contribution >= 0.6 is 0 Å². The summed E-state index contributed by atoms with van der Waals surface area (Å²) in [5.74, 6) is -0.790. The molecular weight excluding hydrogens is 381 g/mol. The molecule has 2 aromatic rings. The molecule has 3 rings (SSSR count). The molecule has 1 aliphatic heterocycles. The van der Waals surface area contributed by atoms with E-state index in [0.717, 1.165) is 35.2 Å². The van der Waals surface area contributed by atoms with Gasteiger partial charge in [-0.25, -0.2) is 4.39 Å². The fraction of sp³-hybridized carbons (Fsp3) is 0.375. The number of nitrogens with one attached hydrogen (secondary N) is 2. The molecule has 1 heterocycles. The predicted octanol–water partition coefficient (Wildman–Crippen LogP) is 3.83. The zero-order chi connectivity index (χ0) is 21.5. The minimum atomic E-state index is -0.438. The van der Waals surface area contributed by atoms with Crippen LogP contribution in [0.2, 0.25) is 0 Å². The van der Waals surface area contributed by atoms with Crippen LogP contribution in [0.3, 0.4) is 0 Å². The van der Waals surface area contributed by atoms with Gasteiger partial charge in [-0.1, -0.05) is 18.2 Å². The van der Waals surface area contributed by atoms with E-state index in [1.54, 1.807) is 13.0 Å². The molecule has 0 unspecified atom stereocenters. The smallest absolute Gasteiger partial charge is 0.254 e. The third-order valence-corrected chi connectivity index (χ3v) is 5.58. The molecule has 1 saturated heterocycles. The summed E-state index contributed by atoms with van der Waals surface area (Å²) in [4.78, 5) is 12.8. The Balaban J connectivity index is 1.77. The summed E-state index contributed by atoms with van der Waals surface area (Å²) in [6, 6.07) is 9.75. The summed E-state index contributed by atoms with van der Waals surface area (Å²) in [6.07, 6.45) is 5.79. The number of benzene rings is 2. The van der Waals surface area contributed by atoms with Crippen molar-refractivity contribution in [3.05, 3.63) is 76.2 Å². The number of carbonyl (C=O) groups excluding carboxylic acids is 1. The molecule has 0 atom stereocenters. The van der Waals surface area contributed by atoms with Gasteiger partial charge in [0.15, 0.2) is 0 Å². The van der Waals surface area contributed by atoms with Gasteiger partial charge in [0.05, 0.1) is 5.56 Å². The van der Waals surface area contributed by atoms with E-state index in [0.29, 0.717) is 31.7 Å². The number of rotatable bonds is 7. The van der Waals surface area contributed by atoms with Crippen molar-refractivity contribution in [1.29, 1.82) is 0 Å². The number of amides is 1. The zero-order valence-electron chi connectivity index (χ0n) is 17.6. The number of ether oxygens (including phenoxy) is 1. The van der Waals surface area contributed by atoms with E-state index in [4.69, 9.17) is 10.5 Å². The van der Waals surface area contributed by atoms with Crippen LogP contribution in [-0.4, -0.2) is 31.7 Å². The molecule has 0 spiro atoms. The summed E-state index contributed by atoms with van der Waals surface area (Å²) < 4.78 is 20.2. The second kappa shape index (κ2) is 10.4. The average molecular weight is 412 g/mol. The van der Waals surface area contributed by atoms with Gasteiger partial charge in [-0.15, -0.1) is 0 Å². The Morgan fingerprint density at radius 3 is 2.57 bits per heavy atom. The van der Waals surface area contributed by atoms with E-state index in [-0.39, 0.29) is 17.5 Å². The second-order valence-electron chi connectivity index (χ2n) is 7.66. The van der Waals surface area contributed by atoms with E-state index < -0.39 is 5.82 Å². The molecule has 0 aliphatic carbocycles. The van der Waals surface area contributed by atoms with Gasteiger partial charge in [-0.05, 0) is 79.8 Å². The molecule has 0 saturated carbocycles. The van der Waals surface area contributed by atoms with Gasteiger partial charge in [-0.3, -0.25) is 4.79 Å². The molecule has 4 N–H and O–H groups in total. The minimum absolute atomic E-state index is 0.0315.